The van der Waals surface area contributed by atoms with Gasteiger partial charge in [0.25, 0.3) is 0 Å². The predicted molar refractivity (Wildman–Crippen MR) is 118 cm³/mol. The molecule has 0 aliphatic rings. The van der Waals surface area contributed by atoms with E-state index in [4.69, 9.17) is 0 Å². The molecule has 0 saturated heterocycles. The van der Waals surface area contributed by atoms with Crippen molar-refractivity contribution in [1.29, 1.82) is 0 Å². The van der Waals surface area contributed by atoms with Gasteiger partial charge in [0, 0.05) is 10.4 Å². The fraction of sp³-hybridized carbons (Fsp3) is 0.0833. The third kappa shape index (κ3) is 3.26. The van der Waals surface area contributed by atoms with Gasteiger partial charge in [-0.15, -0.1) is 11.3 Å². The van der Waals surface area contributed by atoms with Crippen molar-refractivity contribution in [1.82, 2.24) is 0 Å². The van der Waals surface area contributed by atoms with Gasteiger partial charge in [0.2, 0.25) is 0 Å². The van der Waals surface area contributed by atoms with Crippen LogP contribution in [0.5, 0.6) is 0 Å². The molecule has 0 nitrogen and oxygen atoms in total. The molecule has 0 amide bonds. The normalized spacial score (nSPS) is 11.4. The molecule has 2 heteroatoms. The smallest absolute Gasteiger partial charge is 0.116 e. The summed E-state index contributed by atoms with van der Waals surface area (Å²) in [6.45, 7) is 2.20. The summed E-state index contributed by atoms with van der Waals surface area (Å²) in [6.07, 6.45) is 1.06. The van der Waals surface area contributed by atoms with Crippen LogP contribution in [-0.4, -0.2) is 0 Å². The summed E-state index contributed by atoms with van der Waals surface area (Å²) in [7, 11) is -1.76. The van der Waals surface area contributed by atoms with Crippen molar-refractivity contribution in [2.75, 3.05) is 0 Å². The minimum Gasteiger partial charge on any atom is -0.149 e. The van der Waals surface area contributed by atoms with Crippen molar-refractivity contribution in [2.24, 2.45) is 0 Å². The first-order valence-electron chi connectivity index (χ1n) is 8.88. The molecule has 0 saturated carbocycles. The molecule has 0 atom stereocenters. The maximum Gasteiger partial charge on any atom is 0.116 e. The van der Waals surface area contributed by atoms with Crippen LogP contribution in [-0.2, 0) is 6.16 Å². The molecular weight excluding hydrogens is 351 g/mol. The predicted octanol–water partition coefficient (Wildman–Crippen LogP) is 5.55. The lowest BCUT2D eigenvalue weighted by molar-refractivity contribution is 1.42. The van der Waals surface area contributed by atoms with Gasteiger partial charge < -0.3 is 0 Å². The Morgan fingerprint density at radius 2 is 1.08 bits per heavy atom. The molecule has 128 valence electrons. The number of rotatable bonds is 5. The molecule has 0 radical (unpaired) electrons. The van der Waals surface area contributed by atoms with Crippen molar-refractivity contribution in [3.63, 3.8) is 0 Å². The zero-order valence-electron chi connectivity index (χ0n) is 14.9. The highest BCUT2D eigenvalue weighted by Crippen LogP contribution is 2.58. The third-order valence-electron chi connectivity index (χ3n) is 4.80. The Kier molecular flexibility index (Phi) is 5.02. The number of benzene rings is 3. The zero-order valence-corrected chi connectivity index (χ0v) is 16.6. The molecule has 3 aromatic carbocycles. The topological polar surface area (TPSA) is 0 Å². The maximum atomic E-state index is 2.36. The van der Waals surface area contributed by atoms with Crippen LogP contribution in [0.3, 0.4) is 0 Å². The molecule has 1 heterocycles. The van der Waals surface area contributed by atoms with E-state index >= 15 is 0 Å². The van der Waals surface area contributed by atoms with Gasteiger partial charge in [-0.1, -0.05) is 54.6 Å². The summed E-state index contributed by atoms with van der Waals surface area (Å²) in [5.41, 5.74) is 1.44. The maximum absolute atomic E-state index is 2.36. The summed E-state index contributed by atoms with van der Waals surface area (Å²) in [5, 5.41) is 6.67. The van der Waals surface area contributed by atoms with E-state index in [9.17, 15) is 0 Å². The van der Waals surface area contributed by atoms with Gasteiger partial charge in [0.05, 0.1) is 6.16 Å². The van der Waals surface area contributed by atoms with E-state index in [0.717, 1.165) is 6.16 Å². The van der Waals surface area contributed by atoms with Crippen LogP contribution in [0, 0.1) is 6.92 Å². The van der Waals surface area contributed by atoms with Crippen LogP contribution in [0.25, 0.3) is 0 Å². The molecule has 26 heavy (non-hydrogen) atoms. The standard InChI is InChI=1S/C24H22PS/c1-20-17-21(19-26-20)18-25(22-11-5-2-6-12-22,23-13-7-3-8-14-23)24-15-9-4-10-16-24/h2-17,19H,18H2,1H3/q+1. The van der Waals surface area contributed by atoms with Gasteiger partial charge in [-0.25, -0.2) is 0 Å². The highest BCUT2D eigenvalue weighted by molar-refractivity contribution is 7.95. The quantitative estimate of drug-likeness (QED) is 0.402. The zero-order chi connectivity index (χ0) is 17.8. The lowest BCUT2D eigenvalue weighted by atomic mass is 10.3. The Bertz CT molecular complexity index is 862. The fourth-order valence-corrected chi connectivity index (χ4v) is 8.67. The first-order valence-corrected chi connectivity index (χ1v) is 11.7. The summed E-state index contributed by atoms with van der Waals surface area (Å²) in [5.74, 6) is 0. The summed E-state index contributed by atoms with van der Waals surface area (Å²) in [4.78, 5) is 1.38. The average molecular weight is 373 g/mol. The first kappa shape index (κ1) is 17.2. The van der Waals surface area contributed by atoms with Gasteiger partial charge in [-0.2, -0.15) is 0 Å². The second-order valence-electron chi connectivity index (χ2n) is 6.54. The molecule has 0 fully saturated rings. The van der Waals surface area contributed by atoms with Crippen molar-refractivity contribution in [3.8, 4) is 0 Å². The summed E-state index contributed by atoms with van der Waals surface area (Å²) in [6, 6.07) is 35.6. The van der Waals surface area contributed by atoms with Crippen LogP contribution >= 0.6 is 18.6 Å². The van der Waals surface area contributed by atoms with Crippen molar-refractivity contribution in [2.45, 2.75) is 13.1 Å². The van der Waals surface area contributed by atoms with E-state index in [1.807, 2.05) is 11.3 Å². The van der Waals surface area contributed by atoms with Crippen molar-refractivity contribution in [3.05, 3.63) is 113 Å². The SMILES string of the molecule is Cc1cc(C[P+](c2ccccc2)(c2ccccc2)c2ccccc2)cs1. The van der Waals surface area contributed by atoms with Crippen molar-refractivity contribution >= 4 is 34.5 Å². The molecule has 0 unspecified atom stereocenters. The minimum absolute atomic E-state index is 1.06. The van der Waals surface area contributed by atoms with Crippen LogP contribution in [0.1, 0.15) is 10.4 Å². The first-order chi connectivity index (χ1) is 12.8. The van der Waals surface area contributed by atoms with Crippen molar-refractivity contribution < 1.29 is 0 Å². The molecule has 1 aromatic heterocycles. The highest BCUT2D eigenvalue weighted by Gasteiger charge is 2.45. The van der Waals surface area contributed by atoms with E-state index in [2.05, 4.69) is 109 Å². The molecule has 4 aromatic rings. The van der Waals surface area contributed by atoms with Gasteiger partial charge in [-0.05, 0) is 54.8 Å². The largest absolute Gasteiger partial charge is 0.149 e. The van der Waals surface area contributed by atoms with Crippen LogP contribution in [0.15, 0.2) is 102 Å². The molecule has 0 N–H and O–H groups in total. The lowest BCUT2D eigenvalue weighted by Crippen LogP contribution is -2.32. The summed E-state index contributed by atoms with van der Waals surface area (Å²) >= 11 is 1.85. The number of hydrogen-bond donors (Lipinski definition) is 0. The summed E-state index contributed by atoms with van der Waals surface area (Å²) < 4.78 is 0. The van der Waals surface area contributed by atoms with Gasteiger partial charge in [-0.3, -0.25) is 0 Å². The van der Waals surface area contributed by atoms with Crippen LogP contribution in [0.2, 0.25) is 0 Å². The molecule has 0 aliphatic heterocycles. The van der Waals surface area contributed by atoms with E-state index in [1.165, 1.54) is 26.4 Å². The van der Waals surface area contributed by atoms with Gasteiger partial charge >= 0.3 is 0 Å². The van der Waals surface area contributed by atoms with Gasteiger partial charge in [0.1, 0.15) is 23.2 Å². The van der Waals surface area contributed by atoms with Crippen LogP contribution < -0.4 is 15.9 Å². The highest BCUT2D eigenvalue weighted by atomic mass is 32.1. The fourth-order valence-electron chi connectivity index (χ4n) is 3.62. The molecule has 4 rings (SSSR count). The Balaban J connectivity index is 2.00. The molecule has 0 aliphatic carbocycles. The average Bonchev–Trinajstić information content (AvgIpc) is 3.13. The minimum atomic E-state index is -1.76. The van der Waals surface area contributed by atoms with Gasteiger partial charge in [0.15, 0.2) is 0 Å². The Labute approximate surface area is 160 Å². The monoisotopic (exact) mass is 373 g/mol. The molecular formula is C24H22PS+. The van der Waals surface area contributed by atoms with E-state index in [0.29, 0.717) is 0 Å². The lowest BCUT2D eigenvalue weighted by Gasteiger charge is -2.27. The number of hydrogen-bond acceptors (Lipinski definition) is 1. The Hall–Kier alpha value is -2.21. The Morgan fingerprint density at radius 3 is 1.42 bits per heavy atom. The molecule has 0 bridgehead atoms. The molecule has 0 spiro atoms. The van der Waals surface area contributed by atoms with E-state index < -0.39 is 7.26 Å². The van der Waals surface area contributed by atoms with Crippen LogP contribution in [0.4, 0.5) is 0 Å². The van der Waals surface area contributed by atoms with E-state index in [1.54, 1.807) is 0 Å². The third-order valence-corrected chi connectivity index (χ3v) is 10.1. The second-order valence-corrected chi connectivity index (χ2v) is 11.1. The van der Waals surface area contributed by atoms with E-state index in [-0.39, 0.29) is 0 Å². The second kappa shape index (κ2) is 7.58. The Morgan fingerprint density at radius 1 is 0.654 bits per heavy atom. The number of aryl methyl sites for hydroxylation is 1. The number of thiophene rings is 1.